The number of aliphatic imine (C=N–C) groups is 1. The average molecular weight is 499 g/mol. The molecule has 0 aliphatic heterocycles. The highest BCUT2D eigenvalue weighted by Crippen LogP contribution is 2.37. The number of halogens is 4. The minimum Gasteiger partial charge on any atom is -0.496 e. The molecule has 2 unspecified atom stereocenters. The number of nitrogens with zero attached hydrogens (tertiary/aromatic N) is 1. The van der Waals surface area contributed by atoms with E-state index in [9.17, 15) is 13.2 Å². The Kier molecular flexibility index (Phi) is 9.69. The highest BCUT2D eigenvalue weighted by atomic mass is 127. The van der Waals surface area contributed by atoms with Gasteiger partial charge in [0.25, 0.3) is 0 Å². The molecule has 1 aromatic carbocycles. The van der Waals surface area contributed by atoms with Gasteiger partial charge in [-0.25, -0.2) is 0 Å². The molecule has 2 atom stereocenters. The first-order chi connectivity index (χ1) is 12.3. The molecule has 0 bridgehead atoms. The molecule has 2 N–H and O–H groups in total. The Morgan fingerprint density at radius 1 is 1.30 bits per heavy atom. The van der Waals surface area contributed by atoms with E-state index in [-0.39, 0.29) is 42.9 Å². The molecule has 1 aliphatic rings. The number of hydrogen-bond acceptors (Lipinski definition) is 2. The lowest BCUT2D eigenvalue weighted by molar-refractivity contribution is -0.183. The van der Waals surface area contributed by atoms with Crippen LogP contribution in [0.1, 0.15) is 36.8 Å². The van der Waals surface area contributed by atoms with E-state index in [1.54, 1.807) is 14.2 Å². The van der Waals surface area contributed by atoms with Crippen LogP contribution >= 0.6 is 24.0 Å². The summed E-state index contributed by atoms with van der Waals surface area (Å²) >= 11 is 0. The van der Waals surface area contributed by atoms with Crippen LogP contribution < -0.4 is 15.4 Å². The zero-order valence-electron chi connectivity index (χ0n) is 16.0. The second-order valence-corrected chi connectivity index (χ2v) is 6.80. The average Bonchev–Trinajstić information content (AvgIpc) is 2.61. The van der Waals surface area contributed by atoms with E-state index in [0.717, 1.165) is 29.7 Å². The molecule has 0 saturated heterocycles. The fourth-order valence-corrected chi connectivity index (χ4v) is 3.35. The third kappa shape index (κ3) is 7.38. The van der Waals surface area contributed by atoms with Crippen molar-refractivity contribution in [3.63, 3.8) is 0 Å². The summed E-state index contributed by atoms with van der Waals surface area (Å²) in [4.78, 5) is 4.14. The molecule has 1 saturated carbocycles. The molecule has 0 spiro atoms. The first-order valence-electron chi connectivity index (χ1n) is 9.01. The Balaban J connectivity index is 0.00000364. The second kappa shape index (κ2) is 11.0. The zero-order chi connectivity index (χ0) is 19.2. The summed E-state index contributed by atoms with van der Waals surface area (Å²) in [6, 6.07) is 5.87. The van der Waals surface area contributed by atoms with Gasteiger partial charge in [0.2, 0.25) is 0 Å². The summed E-state index contributed by atoms with van der Waals surface area (Å²) in [5.41, 5.74) is 2.21. The largest absolute Gasteiger partial charge is 0.496 e. The van der Waals surface area contributed by atoms with Crippen molar-refractivity contribution in [3.05, 3.63) is 29.3 Å². The van der Waals surface area contributed by atoms with Gasteiger partial charge >= 0.3 is 6.18 Å². The van der Waals surface area contributed by atoms with E-state index in [1.807, 2.05) is 25.1 Å². The molecular weight excluding hydrogens is 470 g/mol. The quantitative estimate of drug-likeness (QED) is 0.358. The van der Waals surface area contributed by atoms with Crippen molar-refractivity contribution in [2.75, 3.05) is 20.7 Å². The third-order valence-electron chi connectivity index (χ3n) is 4.88. The highest BCUT2D eigenvalue weighted by molar-refractivity contribution is 14.0. The van der Waals surface area contributed by atoms with E-state index in [4.69, 9.17) is 4.74 Å². The minimum absolute atomic E-state index is 0. The van der Waals surface area contributed by atoms with Gasteiger partial charge in [0.1, 0.15) is 5.75 Å². The maximum absolute atomic E-state index is 12.9. The predicted molar refractivity (Wildman–Crippen MR) is 113 cm³/mol. The van der Waals surface area contributed by atoms with Crippen LogP contribution in [0.25, 0.3) is 0 Å². The first kappa shape index (κ1) is 23.8. The molecule has 0 heterocycles. The monoisotopic (exact) mass is 499 g/mol. The van der Waals surface area contributed by atoms with Crippen LogP contribution in [0.4, 0.5) is 13.2 Å². The lowest BCUT2D eigenvalue weighted by atomic mass is 9.85. The number of guanidine groups is 1. The van der Waals surface area contributed by atoms with Crippen molar-refractivity contribution in [2.24, 2.45) is 10.9 Å². The molecule has 1 aromatic rings. The van der Waals surface area contributed by atoms with Crippen molar-refractivity contribution in [1.29, 1.82) is 0 Å². The van der Waals surface area contributed by atoms with Crippen molar-refractivity contribution in [2.45, 2.75) is 51.2 Å². The summed E-state index contributed by atoms with van der Waals surface area (Å²) in [7, 11) is 3.28. The lowest BCUT2D eigenvalue weighted by Gasteiger charge is -2.31. The van der Waals surface area contributed by atoms with Crippen LogP contribution in [-0.2, 0) is 6.42 Å². The van der Waals surface area contributed by atoms with Crippen LogP contribution in [0, 0.1) is 12.8 Å². The zero-order valence-corrected chi connectivity index (χ0v) is 18.4. The molecule has 8 heteroatoms. The van der Waals surface area contributed by atoms with E-state index < -0.39 is 12.1 Å². The van der Waals surface area contributed by atoms with Crippen LogP contribution in [0.2, 0.25) is 0 Å². The summed E-state index contributed by atoms with van der Waals surface area (Å²) in [6.45, 7) is 2.63. The van der Waals surface area contributed by atoms with Crippen molar-refractivity contribution < 1.29 is 17.9 Å². The molecule has 154 valence electrons. The molecule has 4 nitrogen and oxygen atoms in total. The van der Waals surface area contributed by atoms with Gasteiger partial charge in [0, 0.05) is 19.6 Å². The summed E-state index contributed by atoms with van der Waals surface area (Å²) in [6.07, 6.45) is -1.68. The Bertz CT molecular complexity index is 623. The van der Waals surface area contributed by atoms with Crippen LogP contribution in [0.15, 0.2) is 23.2 Å². The fourth-order valence-electron chi connectivity index (χ4n) is 3.35. The maximum Gasteiger partial charge on any atom is 0.391 e. The Morgan fingerprint density at radius 3 is 2.67 bits per heavy atom. The maximum atomic E-state index is 12.9. The standard InChI is InChI=1S/C19H28F3N3O.HI/c1-13-7-8-14(11-17(13)26-3)9-10-24-18(23-2)25-16-6-4-5-15(12-16)19(20,21)22;/h7-8,11,15-16H,4-6,9-10,12H2,1-3H3,(H2,23,24,25);1H. The molecule has 27 heavy (non-hydrogen) atoms. The van der Waals surface area contributed by atoms with Gasteiger partial charge in [0.15, 0.2) is 5.96 Å². The van der Waals surface area contributed by atoms with Crippen LogP contribution in [0.3, 0.4) is 0 Å². The van der Waals surface area contributed by atoms with Gasteiger partial charge < -0.3 is 15.4 Å². The molecule has 0 radical (unpaired) electrons. The molecule has 0 aromatic heterocycles. The summed E-state index contributed by atoms with van der Waals surface area (Å²) in [5.74, 6) is 0.189. The van der Waals surface area contributed by atoms with Gasteiger partial charge in [-0.3, -0.25) is 4.99 Å². The predicted octanol–water partition coefficient (Wildman–Crippen LogP) is 4.45. The van der Waals surface area contributed by atoms with E-state index in [1.165, 1.54) is 0 Å². The number of methoxy groups -OCH3 is 1. The van der Waals surface area contributed by atoms with Crippen LogP contribution in [0.5, 0.6) is 5.75 Å². The molecule has 1 aliphatic carbocycles. The highest BCUT2D eigenvalue weighted by Gasteiger charge is 2.42. The number of nitrogens with one attached hydrogen (secondary N) is 2. The normalized spacial score (nSPS) is 20.6. The molecule has 0 amide bonds. The van der Waals surface area contributed by atoms with Crippen LogP contribution in [-0.4, -0.2) is 38.9 Å². The molecule has 2 rings (SSSR count). The van der Waals surface area contributed by atoms with E-state index in [2.05, 4.69) is 15.6 Å². The van der Waals surface area contributed by atoms with Gasteiger partial charge in [-0.05, 0) is 49.8 Å². The molecule has 1 fully saturated rings. The number of benzene rings is 1. The van der Waals surface area contributed by atoms with E-state index >= 15 is 0 Å². The number of aryl methyl sites for hydroxylation is 1. The summed E-state index contributed by atoms with van der Waals surface area (Å²) in [5, 5.41) is 6.33. The third-order valence-corrected chi connectivity index (χ3v) is 4.88. The van der Waals surface area contributed by atoms with E-state index in [0.29, 0.717) is 18.9 Å². The van der Waals surface area contributed by atoms with Gasteiger partial charge in [-0.15, -0.1) is 24.0 Å². The Hall–Kier alpha value is -1.19. The lowest BCUT2D eigenvalue weighted by Crippen LogP contribution is -2.47. The number of ether oxygens (including phenoxy) is 1. The van der Waals surface area contributed by atoms with Gasteiger partial charge in [0.05, 0.1) is 13.0 Å². The smallest absolute Gasteiger partial charge is 0.391 e. The van der Waals surface area contributed by atoms with Gasteiger partial charge in [-0.2, -0.15) is 13.2 Å². The fraction of sp³-hybridized carbons (Fsp3) is 0.632. The SMILES string of the molecule is CN=C(NCCc1ccc(C)c(OC)c1)NC1CCCC(C(F)(F)F)C1.I. The number of hydrogen-bond donors (Lipinski definition) is 2. The number of rotatable bonds is 5. The van der Waals surface area contributed by atoms with Gasteiger partial charge in [-0.1, -0.05) is 18.6 Å². The Labute approximate surface area is 176 Å². The van der Waals surface area contributed by atoms with Crippen molar-refractivity contribution >= 4 is 29.9 Å². The molecular formula is C19H29F3IN3O. The van der Waals surface area contributed by atoms with Crippen molar-refractivity contribution in [1.82, 2.24) is 10.6 Å². The number of alkyl halides is 3. The first-order valence-corrected chi connectivity index (χ1v) is 9.01. The second-order valence-electron chi connectivity index (χ2n) is 6.80. The van der Waals surface area contributed by atoms with Crippen molar-refractivity contribution in [3.8, 4) is 5.75 Å². The Morgan fingerprint density at radius 2 is 2.04 bits per heavy atom. The topological polar surface area (TPSA) is 45.7 Å². The minimum atomic E-state index is -4.11. The summed E-state index contributed by atoms with van der Waals surface area (Å²) < 4.78 is 44.1.